The van der Waals surface area contributed by atoms with E-state index in [1.807, 2.05) is 11.8 Å². The van der Waals surface area contributed by atoms with Gasteiger partial charge in [0, 0.05) is 16.9 Å². The number of fused-ring (bicyclic) bond motifs is 2. The molecule has 1 heterocycles. The second-order valence-electron chi connectivity index (χ2n) is 4.94. The Balaban J connectivity index is 1.71. The van der Waals surface area contributed by atoms with Crippen LogP contribution in [0.3, 0.4) is 0 Å². The molecule has 1 aromatic rings. The maximum absolute atomic E-state index is 9.54. The fourth-order valence-electron chi connectivity index (χ4n) is 2.50. The standard InChI is InChI=1S/C15H15NS2/c1-11-2-4-12(5-3-11)9-17-15(10-16)13-6-7-14(8-13)18-15/h2-7,13-14H,8-9H2,1H3. The molecule has 2 aliphatic rings. The quantitative estimate of drug-likeness (QED) is 0.773. The number of aryl methyl sites for hydroxylation is 1. The third-order valence-corrected chi connectivity index (χ3v) is 6.93. The zero-order valence-electron chi connectivity index (χ0n) is 10.3. The molecule has 0 saturated carbocycles. The summed E-state index contributed by atoms with van der Waals surface area (Å²) in [5.74, 6) is 1.37. The maximum atomic E-state index is 9.54. The fraction of sp³-hybridized carbons (Fsp3) is 0.400. The first kappa shape index (κ1) is 12.2. The summed E-state index contributed by atoms with van der Waals surface area (Å²) in [5, 5.41) is 10.1. The Bertz CT molecular complexity index is 514. The number of hydrogen-bond acceptors (Lipinski definition) is 3. The summed E-state index contributed by atoms with van der Waals surface area (Å²) in [4.78, 5) is 0. The van der Waals surface area contributed by atoms with Crippen LogP contribution in [0.2, 0.25) is 0 Å². The van der Waals surface area contributed by atoms with E-state index in [2.05, 4.69) is 49.4 Å². The molecular formula is C15H15NS2. The Morgan fingerprint density at radius 2 is 2.17 bits per heavy atom. The van der Waals surface area contributed by atoms with Gasteiger partial charge in [-0.15, -0.1) is 23.5 Å². The molecule has 2 bridgehead atoms. The van der Waals surface area contributed by atoms with Crippen LogP contribution in [0.25, 0.3) is 0 Å². The molecule has 1 aliphatic heterocycles. The number of nitrogens with zero attached hydrogens (tertiary/aromatic N) is 1. The van der Waals surface area contributed by atoms with Crippen LogP contribution in [0.15, 0.2) is 36.4 Å². The number of nitriles is 1. The summed E-state index contributed by atoms with van der Waals surface area (Å²) in [6.07, 6.45) is 5.66. The summed E-state index contributed by atoms with van der Waals surface area (Å²) in [6, 6.07) is 11.2. The van der Waals surface area contributed by atoms with Gasteiger partial charge in [0.05, 0.1) is 6.07 Å². The molecule has 1 fully saturated rings. The number of benzene rings is 1. The van der Waals surface area contributed by atoms with Gasteiger partial charge in [0.25, 0.3) is 0 Å². The van der Waals surface area contributed by atoms with Gasteiger partial charge in [-0.2, -0.15) is 5.26 Å². The fourth-order valence-corrected chi connectivity index (χ4v) is 5.68. The largest absolute Gasteiger partial charge is 0.196 e. The van der Waals surface area contributed by atoms with E-state index >= 15 is 0 Å². The third-order valence-electron chi connectivity index (χ3n) is 3.59. The molecule has 3 atom stereocenters. The number of allylic oxidation sites excluding steroid dienone is 1. The van der Waals surface area contributed by atoms with Gasteiger partial charge < -0.3 is 0 Å². The van der Waals surface area contributed by atoms with Crippen molar-refractivity contribution in [3.8, 4) is 6.07 Å². The molecule has 1 aliphatic carbocycles. The van der Waals surface area contributed by atoms with Crippen molar-refractivity contribution in [2.75, 3.05) is 0 Å². The molecule has 0 N–H and O–H groups in total. The molecule has 3 unspecified atom stereocenters. The molecule has 3 rings (SSSR count). The van der Waals surface area contributed by atoms with Crippen molar-refractivity contribution in [3.63, 3.8) is 0 Å². The monoisotopic (exact) mass is 273 g/mol. The van der Waals surface area contributed by atoms with Crippen molar-refractivity contribution < 1.29 is 0 Å². The highest BCUT2D eigenvalue weighted by atomic mass is 32.2. The predicted octanol–water partition coefficient (Wildman–Crippen LogP) is 4.14. The first-order chi connectivity index (χ1) is 8.72. The predicted molar refractivity (Wildman–Crippen MR) is 79.4 cm³/mol. The van der Waals surface area contributed by atoms with Crippen molar-refractivity contribution in [1.29, 1.82) is 5.26 Å². The second-order valence-corrected chi connectivity index (χ2v) is 7.90. The molecule has 3 heteroatoms. The Morgan fingerprint density at radius 3 is 2.72 bits per heavy atom. The summed E-state index contributed by atoms with van der Waals surface area (Å²) < 4.78 is -0.246. The van der Waals surface area contributed by atoms with E-state index in [9.17, 15) is 5.26 Å². The van der Waals surface area contributed by atoms with E-state index in [1.165, 1.54) is 11.1 Å². The van der Waals surface area contributed by atoms with Gasteiger partial charge in [-0.25, -0.2) is 0 Å². The van der Waals surface area contributed by atoms with Crippen molar-refractivity contribution in [2.24, 2.45) is 5.92 Å². The van der Waals surface area contributed by atoms with Crippen LogP contribution in [0.5, 0.6) is 0 Å². The van der Waals surface area contributed by atoms with Crippen LogP contribution in [0.1, 0.15) is 17.5 Å². The first-order valence-corrected chi connectivity index (χ1v) is 8.05. The molecule has 18 heavy (non-hydrogen) atoms. The lowest BCUT2D eigenvalue weighted by atomic mass is 10.1. The summed E-state index contributed by atoms with van der Waals surface area (Å²) in [6.45, 7) is 2.10. The van der Waals surface area contributed by atoms with Crippen LogP contribution in [-0.4, -0.2) is 9.33 Å². The van der Waals surface area contributed by atoms with Gasteiger partial charge >= 0.3 is 0 Å². The number of rotatable bonds is 3. The van der Waals surface area contributed by atoms with E-state index in [-0.39, 0.29) is 4.08 Å². The Hall–Kier alpha value is -0.850. The van der Waals surface area contributed by atoms with Gasteiger partial charge in [-0.05, 0) is 18.9 Å². The van der Waals surface area contributed by atoms with Gasteiger partial charge in [0.1, 0.15) is 0 Å². The SMILES string of the molecule is Cc1ccc(CSC2(C#N)SC3C=CC2C3)cc1. The third kappa shape index (κ3) is 2.08. The van der Waals surface area contributed by atoms with Crippen molar-refractivity contribution >= 4 is 23.5 Å². The second kappa shape index (κ2) is 4.68. The normalized spacial score (nSPS) is 32.7. The highest BCUT2D eigenvalue weighted by molar-refractivity contribution is 8.18. The lowest BCUT2D eigenvalue weighted by molar-refractivity contribution is 0.675. The summed E-state index contributed by atoms with van der Waals surface area (Å²) in [5.41, 5.74) is 2.60. The molecule has 0 aromatic heterocycles. The lowest BCUT2D eigenvalue weighted by Gasteiger charge is -2.26. The van der Waals surface area contributed by atoms with E-state index in [0.717, 1.165) is 12.2 Å². The number of hydrogen-bond donors (Lipinski definition) is 0. The average molecular weight is 273 g/mol. The minimum absolute atomic E-state index is 0.246. The Labute approximate surface area is 117 Å². The van der Waals surface area contributed by atoms with Crippen molar-refractivity contribution in [3.05, 3.63) is 47.5 Å². The average Bonchev–Trinajstić information content (AvgIpc) is 2.99. The topological polar surface area (TPSA) is 23.8 Å². The van der Waals surface area contributed by atoms with E-state index in [4.69, 9.17) is 0 Å². The minimum atomic E-state index is -0.246. The highest BCUT2D eigenvalue weighted by Gasteiger charge is 2.50. The molecule has 92 valence electrons. The minimum Gasteiger partial charge on any atom is -0.196 e. The Morgan fingerprint density at radius 1 is 1.39 bits per heavy atom. The molecule has 1 saturated heterocycles. The maximum Gasteiger partial charge on any atom is 0.155 e. The zero-order valence-corrected chi connectivity index (χ0v) is 11.9. The Kier molecular flexibility index (Phi) is 3.17. The van der Waals surface area contributed by atoms with Gasteiger partial charge in [0.15, 0.2) is 4.08 Å². The van der Waals surface area contributed by atoms with E-state index in [0.29, 0.717) is 11.2 Å². The van der Waals surface area contributed by atoms with Crippen LogP contribution < -0.4 is 0 Å². The van der Waals surface area contributed by atoms with Crippen LogP contribution in [-0.2, 0) is 5.75 Å². The van der Waals surface area contributed by atoms with Gasteiger partial charge in [-0.1, -0.05) is 42.0 Å². The van der Waals surface area contributed by atoms with Crippen molar-refractivity contribution in [1.82, 2.24) is 0 Å². The molecule has 1 nitrogen and oxygen atoms in total. The van der Waals surface area contributed by atoms with Gasteiger partial charge in [0.2, 0.25) is 0 Å². The molecule has 0 radical (unpaired) electrons. The molecule has 0 spiro atoms. The van der Waals surface area contributed by atoms with Crippen LogP contribution in [0, 0.1) is 24.2 Å². The molecule has 1 aromatic carbocycles. The first-order valence-electron chi connectivity index (χ1n) is 6.19. The van der Waals surface area contributed by atoms with E-state index < -0.39 is 0 Å². The number of thioether (sulfide) groups is 2. The smallest absolute Gasteiger partial charge is 0.155 e. The van der Waals surface area contributed by atoms with Crippen molar-refractivity contribution in [2.45, 2.75) is 28.4 Å². The summed E-state index contributed by atoms with van der Waals surface area (Å²) >= 11 is 3.65. The lowest BCUT2D eigenvalue weighted by Crippen LogP contribution is -2.23. The van der Waals surface area contributed by atoms with Gasteiger partial charge in [-0.3, -0.25) is 0 Å². The van der Waals surface area contributed by atoms with Crippen LogP contribution >= 0.6 is 23.5 Å². The van der Waals surface area contributed by atoms with E-state index in [1.54, 1.807) is 11.8 Å². The summed E-state index contributed by atoms with van der Waals surface area (Å²) in [7, 11) is 0. The molecule has 0 amide bonds. The van der Waals surface area contributed by atoms with Crippen LogP contribution in [0.4, 0.5) is 0 Å². The molecular weight excluding hydrogens is 258 g/mol. The highest BCUT2D eigenvalue weighted by Crippen LogP contribution is 2.58. The zero-order chi connectivity index (χ0) is 12.6.